The summed E-state index contributed by atoms with van der Waals surface area (Å²) < 4.78 is 5.68. The molecule has 0 fully saturated rings. The third-order valence-electron chi connectivity index (χ3n) is 6.40. The van der Waals surface area contributed by atoms with Crippen LogP contribution in [0.25, 0.3) is 0 Å². The molecule has 0 saturated carbocycles. The van der Waals surface area contributed by atoms with Crippen LogP contribution in [-0.2, 0) is 17.8 Å². The molecule has 5 heteroatoms. The molecule has 2 atom stereocenters. The quantitative estimate of drug-likeness (QED) is 0.367. The van der Waals surface area contributed by atoms with Crippen molar-refractivity contribution in [2.75, 3.05) is 13.2 Å². The Bertz CT molecular complexity index is 1100. The molecule has 1 N–H and O–H groups in total. The van der Waals surface area contributed by atoms with Crippen LogP contribution in [0.1, 0.15) is 60.6 Å². The van der Waals surface area contributed by atoms with E-state index in [0.717, 1.165) is 43.5 Å². The first-order valence-electron chi connectivity index (χ1n) is 12.0. The van der Waals surface area contributed by atoms with E-state index in [9.17, 15) is 9.90 Å². The van der Waals surface area contributed by atoms with E-state index < -0.39 is 6.10 Å². The third-order valence-corrected chi connectivity index (χ3v) is 6.63. The Kier molecular flexibility index (Phi) is 8.39. The van der Waals surface area contributed by atoms with E-state index in [1.165, 1.54) is 23.6 Å². The molecule has 1 aliphatic carbocycles. The maximum absolute atomic E-state index is 11.4. The number of hydrogen-bond acceptors (Lipinski definition) is 4. The first-order chi connectivity index (χ1) is 16.5. The van der Waals surface area contributed by atoms with Crippen LogP contribution < -0.4 is 4.74 Å². The van der Waals surface area contributed by atoms with E-state index in [2.05, 4.69) is 41.3 Å². The molecule has 0 saturated heterocycles. The number of carbonyl (C=O) groups is 1. The van der Waals surface area contributed by atoms with E-state index in [4.69, 9.17) is 16.3 Å². The predicted molar refractivity (Wildman–Crippen MR) is 136 cm³/mol. The number of benzene rings is 3. The van der Waals surface area contributed by atoms with E-state index >= 15 is 0 Å². The first-order valence-corrected chi connectivity index (χ1v) is 12.3. The summed E-state index contributed by atoms with van der Waals surface area (Å²) in [6.45, 7) is 2.87. The van der Waals surface area contributed by atoms with Gasteiger partial charge in [0.05, 0.1) is 6.10 Å². The smallest absolute Gasteiger partial charge is 0.167 e. The standard InChI is InChI=1S/C29H32ClNO3/c1-21(32)20-34-26-14-15-27-23(17-26)10-5-6-13-28(27)31(18-22-8-3-2-4-9-22)19-29(33)24-11-7-12-25(30)16-24/h2-4,7-9,11-12,14-17,28-29,33H,5-6,10,13,18-20H2,1H3/t28?,29-/m0/s1. The Morgan fingerprint density at radius 1 is 1.09 bits per heavy atom. The van der Waals surface area contributed by atoms with Gasteiger partial charge < -0.3 is 9.84 Å². The molecular formula is C29H32ClNO3. The normalized spacial score (nSPS) is 16.5. The van der Waals surface area contributed by atoms with Crippen LogP contribution in [0.15, 0.2) is 72.8 Å². The summed E-state index contributed by atoms with van der Waals surface area (Å²) in [6.07, 6.45) is 3.58. The summed E-state index contributed by atoms with van der Waals surface area (Å²) >= 11 is 6.19. The molecule has 4 nitrogen and oxygen atoms in total. The van der Waals surface area contributed by atoms with Crippen LogP contribution in [0.5, 0.6) is 5.75 Å². The monoisotopic (exact) mass is 477 g/mol. The second kappa shape index (κ2) is 11.7. The van der Waals surface area contributed by atoms with Gasteiger partial charge in [0.2, 0.25) is 0 Å². The fourth-order valence-corrected chi connectivity index (χ4v) is 4.95. The number of Topliss-reactive ketones (excluding diaryl/α,β-unsaturated/α-hetero) is 1. The lowest BCUT2D eigenvalue weighted by Gasteiger charge is -2.34. The van der Waals surface area contributed by atoms with E-state index in [1.807, 2.05) is 36.4 Å². The van der Waals surface area contributed by atoms with Crippen LogP contribution in [0.3, 0.4) is 0 Å². The average Bonchev–Trinajstić information content (AvgIpc) is 3.05. The van der Waals surface area contributed by atoms with Crippen molar-refractivity contribution >= 4 is 17.4 Å². The highest BCUT2D eigenvalue weighted by atomic mass is 35.5. The fourth-order valence-electron chi connectivity index (χ4n) is 4.75. The highest BCUT2D eigenvalue weighted by Crippen LogP contribution is 2.37. The summed E-state index contributed by atoms with van der Waals surface area (Å²) in [6, 6.07) is 24.3. The minimum Gasteiger partial charge on any atom is -0.486 e. The largest absolute Gasteiger partial charge is 0.486 e. The van der Waals surface area contributed by atoms with Crippen LogP contribution in [-0.4, -0.2) is 28.9 Å². The highest BCUT2D eigenvalue weighted by Gasteiger charge is 2.27. The fraction of sp³-hybridized carbons (Fsp3) is 0.345. The molecule has 3 aromatic carbocycles. The first kappa shape index (κ1) is 24.5. The number of nitrogens with zero attached hydrogens (tertiary/aromatic N) is 1. The van der Waals surface area contributed by atoms with Gasteiger partial charge in [0.1, 0.15) is 12.4 Å². The number of carbonyl (C=O) groups excluding carboxylic acids is 1. The van der Waals surface area contributed by atoms with Crippen molar-refractivity contribution in [1.82, 2.24) is 4.90 Å². The molecular weight excluding hydrogens is 446 g/mol. The van der Waals surface area contributed by atoms with Crippen molar-refractivity contribution in [3.8, 4) is 5.75 Å². The van der Waals surface area contributed by atoms with Gasteiger partial charge in [-0.1, -0.05) is 66.6 Å². The Hall–Kier alpha value is -2.66. The molecule has 0 heterocycles. The Balaban J connectivity index is 1.64. The average molecular weight is 478 g/mol. The molecule has 0 radical (unpaired) electrons. The second-order valence-electron chi connectivity index (χ2n) is 9.10. The molecule has 1 aliphatic rings. The lowest BCUT2D eigenvalue weighted by molar-refractivity contribution is -0.118. The molecule has 0 spiro atoms. The van der Waals surface area contributed by atoms with E-state index in [-0.39, 0.29) is 18.4 Å². The summed E-state index contributed by atoms with van der Waals surface area (Å²) in [5.41, 5.74) is 4.58. The lowest BCUT2D eigenvalue weighted by Crippen LogP contribution is -2.32. The van der Waals surface area contributed by atoms with Gasteiger partial charge in [0.15, 0.2) is 5.78 Å². The molecule has 178 valence electrons. The number of aliphatic hydroxyl groups excluding tert-OH is 1. The van der Waals surface area contributed by atoms with Crippen molar-refractivity contribution in [2.45, 2.75) is 51.3 Å². The van der Waals surface area contributed by atoms with Crippen LogP contribution in [0.4, 0.5) is 0 Å². The maximum Gasteiger partial charge on any atom is 0.167 e. The lowest BCUT2D eigenvalue weighted by atomic mass is 9.96. The number of aliphatic hydroxyl groups is 1. The van der Waals surface area contributed by atoms with Gasteiger partial charge in [-0.15, -0.1) is 0 Å². The van der Waals surface area contributed by atoms with Crippen molar-refractivity contribution < 1.29 is 14.6 Å². The summed E-state index contributed by atoms with van der Waals surface area (Å²) in [5.74, 6) is 0.750. The number of ketones is 1. The van der Waals surface area contributed by atoms with E-state index in [1.54, 1.807) is 0 Å². The van der Waals surface area contributed by atoms with Crippen molar-refractivity contribution in [2.24, 2.45) is 0 Å². The van der Waals surface area contributed by atoms with Gasteiger partial charge >= 0.3 is 0 Å². The minimum atomic E-state index is -0.646. The molecule has 0 amide bonds. The summed E-state index contributed by atoms with van der Waals surface area (Å²) in [5, 5.41) is 11.8. The number of ether oxygens (including phenoxy) is 1. The van der Waals surface area contributed by atoms with Gasteiger partial charge in [-0.25, -0.2) is 0 Å². The summed E-state index contributed by atoms with van der Waals surface area (Å²) in [4.78, 5) is 13.7. The number of rotatable bonds is 9. The zero-order valence-electron chi connectivity index (χ0n) is 19.6. The molecule has 1 unspecified atom stereocenters. The minimum absolute atomic E-state index is 0.0110. The molecule has 4 rings (SSSR count). The number of halogens is 1. The van der Waals surface area contributed by atoms with Crippen LogP contribution >= 0.6 is 11.6 Å². The van der Waals surface area contributed by atoms with E-state index in [0.29, 0.717) is 11.6 Å². The zero-order valence-corrected chi connectivity index (χ0v) is 20.4. The zero-order chi connectivity index (χ0) is 23.9. The maximum atomic E-state index is 11.4. The highest BCUT2D eigenvalue weighted by molar-refractivity contribution is 6.30. The Morgan fingerprint density at radius 3 is 2.68 bits per heavy atom. The number of fused-ring (bicyclic) bond motifs is 1. The number of hydrogen-bond donors (Lipinski definition) is 1. The van der Waals surface area contributed by atoms with Gasteiger partial charge in [-0.2, -0.15) is 0 Å². The predicted octanol–water partition coefficient (Wildman–Crippen LogP) is 6.31. The molecule has 3 aromatic rings. The van der Waals surface area contributed by atoms with Crippen molar-refractivity contribution in [3.63, 3.8) is 0 Å². The topological polar surface area (TPSA) is 49.8 Å². The second-order valence-corrected chi connectivity index (χ2v) is 9.54. The van der Waals surface area contributed by atoms with Gasteiger partial charge in [-0.05, 0) is 72.7 Å². The Morgan fingerprint density at radius 2 is 1.91 bits per heavy atom. The molecule has 0 aromatic heterocycles. The number of aryl methyl sites for hydroxylation is 1. The third kappa shape index (κ3) is 6.47. The van der Waals surface area contributed by atoms with Crippen molar-refractivity contribution in [1.29, 1.82) is 0 Å². The summed E-state index contributed by atoms with van der Waals surface area (Å²) in [7, 11) is 0. The molecule has 0 bridgehead atoms. The Labute approximate surface area is 207 Å². The van der Waals surface area contributed by atoms with Crippen LogP contribution in [0.2, 0.25) is 5.02 Å². The molecule has 0 aliphatic heterocycles. The van der Waals surface area contributed by atoms with Gasteiger partial charge in [-0.3, -0.25) is 9.69 Å². The van der Waals surface area contributed by atoms with Crippen LogP contribution in [0, 0.1) is 0 Å². The van der Waals surface area contributed by atoms with Crippen molar-refractivity contribution in [3.05, 3.63) is 100 Å². The van der Waals surface area contributed by atoms with Gasteiger partial charge in [0, 0.05) is 24.2 Å². The van der Waals surface area contributed by atoms with Gasteiger partial charge in [0.25, 0.3) is 0 Å². The molecule has 34 heavy (non-hydrogen) atoms. The SMILES string of the molecule is CC(=O)COc1ccc2c(c1)CCCCC2N(Cc1ccccc1)C[C@H](O)c1cccc(Cl)c1.